The standard InChI is InChI=1S/C27H26N2O2S/c1-18-4-7-21(8-5-18)25-13-6-19(2)16-26(25)27(30)29-22-9-11-24(12-10-22)31-15-14-23-17-32-20(3)28-23/h4-13,16-17H,14-15H2,1-3H3,(H,29,30). The van der Waals surface area contributed by atoms with Crippen LogP contribution in [0.25, 0.3) is 11.1 Å². The molecule has 1 N–H and O–H groups in total. The number of aromatic nitrogens is 1. The quantitative estimate of drug-likeness (QED) is 0.350. The van der Waals surface area contributed by atoms with E-state index in [1.165, 1.54) is 5.56 Å². The van der Waals surface area contributed by atoms with Gasteiger partial charge in [-0.3, -0.25) is 4.79 Å². The second-order valence-corrected chi connectivity index (χ2v) is 8.91. The van der Waals surface area contributed by atoms with Crippen molar-refractivity contribution in [2.45, 2.75) is 27.2 Å². The van der Waals surface area contributed by atoms with E-state index in [1.54, 1.807) is 11.3 Å². The molecule has 0 spiro atoms. The summed E-state index contributed by atoms with van der Waals surface area (Å²) in [6, 6.07) is 21.7. The minimum absolute atomic E-state index is 0.128. The second-order valence-electron chi connectivity index (χ2n) is 7.85. The molecule has 5 heteroatoms. The van der Waals surface area contributed by atoms with Crippen LogP contribution in [0.5, 0.6) is 5.75 Å². The van der Waals surface area contributed by atoms with Crippen molar-refractivity contribution in [1.82, 2.24) is 4.98 Å². The Morgan fingerprint density at radius 2 is 1.66 bits per heavy atom. The van der Waals surface area contributed by atoms with E-state index in [-0.39, 0.29) is 5.91 Å². The summed E-state index contributed by atoms with van der Waals surface area (Å²) >= 11 is 1.65. The smallest absolute Gasteiger partial charge is 0.256 e. The molecule has 0 saturated carbocycles. The molecule has 0 bridgehead atoms. The van der Waals surface area contributed by atoms with Gasteiger partial charge < -0.3 is 10.1 Å². The number of hydrogen-bond acceptors (Lipinski definition) is 4. The summed E-state index contributed by atoms with van der Waals surface area (Å²) in [7, 11) is 0. The van der Waals surface area contributed by atoms with Crippen molar-refractivity contribution in [2.24, 2.45) is 0 Å². The van der Waals surface area contributed by atoms with Gasteiger partial charge in [0.25, 0.3) is 5.91 Å². The molecular weight excluding hydrogens is 416 g/mol. The van der Waals surface area contributed by atoms with Gasteiger partial charge in [-0.2, -0.15) is 0 Å². The van der Waals surface area contributed by atoms with Gasteiger partial charge in [-0.15, -0.1) is 11.3 Å². The van der Waals surface area contributed by atoms with Crippen LogP contribution < -0.4 is 10.1 Å². The lowest BCUT2D eigenvalue weighted by Crippen LogP contribution is -2.13. The Kier molecular flexibility index (Phi) is 6.66. The third kappa shape index (κ3) is 5.42. The maximum absolute atomic E-state index is 13.1. The van der Waals surface area contributed by atoms with Crippen LogP contribution in [0.4, 0.5) is 5.69 Å². The number of nitrogens with one attached hydrogen (secondary N) is 1. The highest BCUT2D eigenvalue weighted by Crippen LogP contribution is 2.26. The summed E-state index contributed by atoms with van der Waals surface area (Å²) in [6.07, 6.45) is 0.776. The first-order chi connectivity index (χ1) is 15.5. The Hall–Kier alpha value is -3.44. The first kappa shape index (κ1) is 21.8. The largest absolute Gasteiger partial charge is 0.493 e. The van der Waals surface area contributed by atoms with E-state index in [9.17, 15) is 4.79 Å². The summed E-state index contributed by atoms with van der Waals surface area (Å²) in [5.74, 6) is 0.641. The number of carbonyl (C=O) groups excluding carboxylic acids is 1. The Morgan fingerprint density at radius 3 is 2.34 bits per heavy atom. The topological polar surface area (TPSA) is 51.2 Å². The number of aryl methyl sites for hydroxylation is 3. The molecule has 4 aromatic rings. The van der Waals surface area contributed by atoms with Crippen molar-refractivity contribution >= 4 is 22.9 Å². The number of thiazole rings is 1. The molecular formula is C27H26N2O2S. The maximum atomic E-state index is 13.1. The zero-order chi connectivity index (χ0) is 22.5. The molecule has 0 aliphatic heterocycles. The van der Waals surface area contributed by atoms with Crippen molar-refractivity contribution < 1.29 is 9.53 Å². The molecule has 1 aromatic heterocycles. The van der Waals surface area contributed by atoms with E-state index in [0.29, 0.717) is 12.2 Å². The van der Waals surface area contributed by atoms with Crippen LogP contribution >= 0.6 is 11.3 Å². The third-order valence-electron chi connectivity index (χ3n) is 5.19. The van der Waals surface area contributed by atoms with E-state index >= 15 is 0 Å². The lowest BCUT2D eigenvalue weighted by atomic mass is 9.96. The monoisotopic (exact) mass is 442 g/mol. The van der Waals surface area contributed by atoms with Gasteiger partial charge in [0.1, 0.15) is 5.75 Å². The van der Waals surface area contributed by atoms with E-state index in [1.807, 2.05) is 56.3 Å². The van der Waals surface area contributed by atoms with E-state index in [0.717, 1.165) is 45.2 Å². The van der Waals surface area contributed by atoms with Crippen LogP contribution in [-0.2, 0) is 6.42 Å². The van der Waals surface area contributed by atoms with Gasteiger partial charge in [0.2, 0.25) is 0 Å². The molecule has 1 amide bonds. The number of nitrogens with zero attached hydrogens (tertiary/aromatic N) is 1. The van der Waals surface area contributed by atoms with Crippen LogP contribution in [0.2, 0.25) is 0 Å². The average Bonchev–Trinajstić information content (AvgIpc) is 3.20. The fourth-order valence-corrected chi connectivity index (χ4v) is 4.11. The van der Waals surface area contributed by atoms with Gasteiger partial charge in [0.15, 0.2) is 0 Å². The van der Waals surface area contributed by atoms with Crippen molar-refractivity contribution in [3.05, 3.63) is 99.5 Å². The van der Waals surface area contributed by atoms with Crippen LogP contribution in [0.1, 0.15) is 32.2 Å². The zero-order valence-corrected chi connectivity index (χ0v) is 19.3. The first-order valence-corrected chi connectivity index (χ1v) is 11.5. The summed E-state index contributed by atoms with van der Waals surface area (Å²) in [6.45, 7) is 6.62. The van der Waals surface area contributed by atoms with E-state index < -0.39 is 0 Å². The minimum Gasteiger partial charge on any atom is -0.493 e. The summed E-state index contributed by atoms with van der Waals surface area (Å²) < 4.78 is 5.82. The SMILES string of the molecule is Cc1ccc(-c2ccc(C)cc2C(=O)Nc2ccc(OCCc3csc(C)n3)cc2)cc1. The third-order valence-corrected chi connectivity index (χ3v) is 6.01. The number of hydrogen-bond donors (Lipinski definition) is 1. The first-order valence-electron chi connectivity index (χ1n) is 10.6. The van der Waals surface area contributed by atoms with Crippen LogP contribution in [0, 0.1) is 20.8 Å². The molecule has 0 radical (unpaired) electrons. The second kappa shape index (κ2) is 9.79. The fraction of sp³-hybridized carbons (Fsp3) is 0.185. The predicted molar refractivity (Wildman–Crippen MR) is 132 cm³/mol. The highest BCUT2D eigenvalue weighted by Gasteiger charge is 2.14. The van der Waals surface area contributed by atoms with Gasteiger partial charge in [0.05, 0.1) is 17.3 Å². The molecule has 0 atom stereocenters. The molecule has 1 heterocycles. The molecule has 0 unspecified atom stereocenters. The Bertz CT molecular complexity index is 1210. The molecule has 0 fully saturated rings. The van der Waals surface area contributed by atoms with Gasteiger partial charge in [-0.05, 0) is 62.2 Å². The molecule has 0 saturated heterocycles. The summed E-state index contributed by atoms with van der Waals surface area (Å²) in [4.78, 5) is 17.5. The number of benzene rings is 3. The number of carbonyl (C=O) groups is 1. The van der Waals surface area contributed by atoms with Gasteiger partial charge in [-0.25, -0.2) is 4.98 Å². The summed E-state index contributed by atoms with van der Waals surface area (Å²) in [5, 5.41) is 6.15. The highest BCUT2D eigenvalue weighted by molar-refractivity contribution is 7.09. The van der Waals surface area contributed by atoms with Gasteiger partial charge in [-0.1, -0.05) is 47.5 Å². The van der Waals surface area contributed by atoms with Gasteiger partial charge >= 0.3 is 0 Å². The molecule has 162 valence electrons. The Labute approximate surface area is 192 Å². The van der Waals surface area contributed by atoms with Crippen LogP contribution in [0.15, 0.2) is 72.1 Å². The Balaban J connectivity index is 1.42. The summed E-state index contributed by atoms with van der Waals surface area (Å²) in [5.41, 5.74) is 6.63. The predicted octanol–water partition coefficient (Wildman–Crippen LogP) is 6.61. The van der Waals surface area contributed by atoms with Crippen LogP contribution in [-0.4, -0.2) is 17.5 Å². The average molecular weight is 443 g/mol. The highest BCUT2D eigenvalue weighted by atomic mass is 32.1. The molecule has 0 aliphatic rings. The fourth-order valence-electron chi connectivity index (χ4n) is 3.46. The molecule has 4 rings (SSSR count). The van der Waals surface area contributed by atoms with Crippen molar-refractivity contribution in [2.75, 3.05) is 11.9 Å². The molecule has 3 aromatic carbocycles. The normalized spacial score (nSPS) is 10.7. The maximum Gasteiger partial charge on any atom is 0.256 e. The number of amides is 1. The number of anilines is 1. The molecule has 4 nitrogen and oxygen atoms in total. The van der Waals surface area contributed by atoms with E-state index in [4.69, 9.17) is 4.74 Å². The van der Waals surface area contributed by atoms with Gasteiger partial charge in [0, 0.05) is 23.1 Å². The van der Waals surface area contributed by atoms with E-state index in [2.05, 4.69) is 46.9 Å². The van der Waals surface area contributed by atoms with Crippen LogP contribution in [0.3, 0.4) is 0 Å². The lowest BCUT2D eigenvalue weighted by molar-refractivity contribution is 0.102. The Morgan fingerprint density at radius 1 is 0.938 bits per heavy atom. The molecule has 0 aliphatic carbocycles. The lowest BCUT2D eigenvalue weighted by Gasteiger charge is -2.12. The number of ether oxygens (including phenoxy) is 1. The number of rotatable bonds is 7. The van der Waals surface area contributed by atoms with Crippen molar-refractivity contribution in [1.29, 1.82) is 0 Å². The minimum atomic E-state index is -0.128. The zero-order valence-electron chi connectivity index (χ0n) is 18.5. The van der Waals surface area contributed by atoms with Crippen molar-refractivity contribution in [3.8, 4) is 16.9 Å². The molecule has 32 heavy (non-hydrogen) atoms. The van der Waals surface area contributed by atoms with Crippen molar-refractivity contribution in [3.63, 3.8) is 0 Å².